The molecule has 0 aliphatic carbocycles. The van der Waals surface area contributed by atoms with Crippen LogP contribution in [-0.2, 0) is 6.42 Å². The third-order valence-corrected chi connectivity index (χ3v) is 3.90. The van der Waals surface area contributed by atoms with Gasteiger partial charge < -0.3 is 0 Å². The van der Waals surface area contributed by atoms with Crippen LogP contribution < -0.4 is 0 Å². The van der Waals surface area contributed by atoms with Gasteiger partial charge in [-0.15, -0.1) is 0 Å². The van der Waals surface area contributed by atoms with Crippen LogP contribution in [0.15, 0.2) is 54.6 Å². The van der Waals surface area contributed by atoms with E-state index in [1.165, 1.54) is 11.6 Å². The predicted molar refractivity (Wildman–Crippen MR) is 88.1 cm³/mol. The largest absolute Gasteiger partial charge is 0.205 e. The first-order chi connectivity index (χ1) is 10.7. The second-order valence-corrected chi connectivity index (χ2v) is 5.42. The molecule has 3 rings (SSSR count). The second kappa shape index (κ2) is 5.99. The highest BCUT2D eigenvalue weighted by Gasteiger charge is 2.08. The summed E-state index contributed by atoms with van der Waals surface area (Å²) in [6, 6.07) is 19.3. The summed E-state index contributed by atoms with van der Waals surface area (Å²) < 4.78 is 14.1. The van der Waals surface area contributed by atoms with Gasteiger partial charge in [-0.05, 0) is 40.6 Å². The topological polar surface area (TPSA) is 23.8 Å². The minimum atomic E-state index is -0.440. The number of rotatable bonds is 3. The smallest absolute Gasteiger partial charge is 0.148 e. The number of aryl methyl sites for hydroxylation is 1. The van der Waals surface area contributed by atoms with Gasteiger partial charge in [-0.3, -0.25) is 0 Å². The summed E-state index contributed by atoms with van der Waals surface area (Å²) in [7, 11) is 0. The molecule has 0 radical (unpaired) electrons. The van der Waals surface area contributed by atoms with E-state index in [0.717, 1.165) is 29.4 Å². The quantitative estimate of drug-likeness (QED) is 0.627. The second-order valence-electron chi connectivity index (χ2n) is 5.42. The summed E-state index contributed by atoms with van der Waals surface area (Å²) >= 11 is 0. The van der Waals surface area contributed by atoms with Crippen molar-refractivity contribution in [2.24, 2.45) is 0 Å². The van der Waals surface area contributed by atoms with Crippen LogP contribution >= 0.6 is 0 Å². The number of benzene rings is 3. The number of nitrogens with zero attached hydrogens (tertiary/aromatic N) is 1. The minimum Gasteiger partial charge on any atom is -0.205 e. The summed E-state index contributed by atoms with van der Waals surface area (Å²) in [6.07, 6.45) is 2.22. The van der Waals surface area contributed by atoms with E-state index in [0.29, 0.717) is 5.39 Å². The van der Waals surface area contributed by atoms with Crippen LogP contribution in [0.3, 0.4) is 0 Å². The lowest BCUT2D eigenvalue weighted by Gasteiger charge is -2.07. The monoisotopic (exact) mass is 289 g/mol. The van der Waals surface area contributed by atoms with Crippen LogP contribution in [0.1, 0.15) is 24.5 Å². The average Bonchev–Trinajstić information content (AvgIpc) is 2.56. The molecule has 0 atom stereocenters. The summed E-state index contributed by atoms with van der Waals surface area (Å²) in [4.78, 5) is 0. The molecule has 1 nitrogen and oxygen atoms in total. The van der Waals surface area contributed by atoms with Gasteiger partial charge in [0, 0.05) is 5.39 Å². The van der Waals surface area contributed by atoms with Crippen molar-refractivity contribution < 1.29 is 4.39 Å². The molecule has 22 heavy (non-hydrogen) atoms. The maximum atomic E-state index is 14.1. The summed E-state index contributed by atoms with van der Waals surface area (Å²) in [6.45, 7) is 2.17. The standard InChI is InChI=1S/C20H16FN/c1-2-3-14-4-6-15(7-5-14)16-10-11-19-17(12-16)8-9-18(13-22)20(19)21/h4-12H,2-3H2,1H3. The summed E-state index contributed by atoms with van der Waals surface area (Å²) in [5.41, 5.74) is 3.59. The first kappa shape index (κ1) is 14.3. The van der Waals surface area contributed by atoms with E-state index < -0.39 is 5.82 Å². The fraction of sp³-hybridized carbons (Fsp3) is 0.150. The first-order valence-electron chi connectivity index (χ1n) is 7.44. The van der Waals surface area contributed by atoms with Crippen molar-refractivity contribution >= 4 is 10.8 Å². The molecule has 0 unspecified atom stereocenters. The molecule has 0 saturated carbocycles. The van der Waals surface area contributed by atoms with Gasteiger partial charge in [0.05, 0.1) is 5.56 Å². The lowest BCUT2D eigenvalue weighted by Crippen LogP contribution is -1.88. The molecule has 0 bridgehead atoms. The zero-order chi connectivity index (χ0) is 15.5. The van der Waals surface area contributed by atoms with Crippen LogP contribution in [0.5, 0.6) is 0 Å². The van der Waals surface area contributed by atoms with Crippen molar-refractivity contribution in [3.63, 3.8) is 0 Å². The number of fused-ring (bicyclic) bond motifs is 1. The van der Waals surface area contributed by atoms with Crippen molar-refractivity contribution in [3.8, 4) is 17.2 Å². The molecule has 3 aromatic rings. The van der Waals surface area contributed by atoms with E-state index in [1.54, 1.807) is 12.1 Å². The van der Waals surface area contributed by atoms with Gasteiger partial charge in [-0.2, -0.15) is 5.26 Å². The molecule has 0 fully saturated rings. The van der Waals surface area contributed by atoms with Crippen molar-refractivity contribution in [1.29, 1.82) is 5.26 Å². The molecule has 3 aromatic carbocycles. The van der Waals surface area contributed by atoms with Crippen molar-refractivity contribution in [3.05, 3.63) is 71.5 Å². The van der Waals surface area contributed by atoms with E-state index in [1.807, 2.05) is 18.2 Å². The van der Waals surface area contributed by atoms with E-state index in [-0.39, 0.29) is 5.56 Å². The Balaban J connectivity index is 2.03. The van der Waals surface area contributed by atoms with Gasteiger partial charge in [0.15, 0.2) is 0 Å². The number of nitriles is 1. The van der Waals surface area contributed by atoms with E-state index in [2.05, 4.69) is 31.2 Å². The molecule has 0 aromatic heterocycles. The Labute approximate surface area is 129 Å². The molecular formula is C20H16FN. The molecule has 0 aliphatic rings. The Bertz CT molecular complexity index is 857. The van der Waals surface area contributed by atoms with Crippen LogP contribution in [0.2, 0.25) is 0 Å². The SMILES string of the molecule is CCCc1ccc(-c2ccc3c(F)c(C#N)ccc3c2)cc1. The van der Waals surface area contributed by atoms with Crippen molar-refractivity contribution in [2.75, 3.05) is 0 Å². The third-order valence-electron chi connectivity index (χ3n) is 3.90. The highest BCUT2D eigenvalue weighted by molar-refractivity contribution is 5.88. The molecular weight excluding hydrogens is 273 g/mol. The van der Waals surface area contributed by atoms with Crippen LogP contribution in [0, 0.1) is 17.1 Å². The normalized spacial score (nSPS) is 10.6. The average molecular weight is 289 g/mol. The Morgan fingerprint density at radius 3 is 2.36 bits per heavy atom. The van der Waals surface area contributed by atoms with Crippen LogP contribution in [0.4, 0.5) is 4.39 Å². The van der Waals surface area contributed by atoms with Crippen LogP contribution in [-0.4, -0.2) is 0 Å². The molecule has 108 valence electrons. The molecule has 0 heterocycles. The Hall–Kier alpha value is -2.66. The number of halogens is 1. The highest BCUT2D eigenvalue weighted by atomic mass is 19.1. The van der Waals surface area contributed by atoms with E-state index >= 15 is 0 Å². The van der Waals surface area contributed by atoms with E-state index in [4.69, 9.17) is 5.26 Å². The Morgan fingerprint density at radius 1 is 0.955 bits per heavy atom. The number of hydrogen-bond donors (Lipinski definition) is 0. The zero-order valence-corrected chi connectivity index (χ0v) is 12.4. The van der Waals surface area contributed by atoms with Crippen molar-refractivity contribution in [2.45, 2.75) is 19.8 Å². The maximum Gasteiger partial charge on any atom is 0.148 e. The van der Waals surface area contributed by atoms with Gasteiger partial charge in [0.25, 0.3) is 0 Å². The van der Waals surface area contributed by atoms with Gasteiger partial charge in [0.2, 0.25) is 0 Å². The molecule has 0 aliphatic heterocycles. The minimum absolute atomic E-state index is 0.0872. The van der Waals surface area contributed by atoms with Gasteiger partial charge >= 0.3 is 0 Å². The maximum absolute atomic E-state index is 14.1. The predicted octanol–water partition coefficient (Wildman–Crippen LogP) is 5.47. The lowest BCUT2D eigenvalue weighted by atomic mass is 9.98. The first-order valence-corrected chi connectivity index (χ1v) is 7.44. The Kier molecular flexibility index (Phi) is 3.89. The molecule has 0 spiro atoms. The lowest BCUT2D eigenvalue weighted by molar-refractivity contribution is 0.636. The Morgan fingerprint density at radius 2 is 1.68 bits per heavy atom. The van der Waals surface area contributed by atoms with Crippen molar-refractivity contribution in [1.82, 2.24) is 0 Å². The molecule has 2 heteroatoms. The van der Waals surface area contributed by atoms with Gasteiger partial charge in [0.1, 0.15) is 11.9 Å². The third kappa shape index (κ3) is 2.58. The number of hydrogen-bond acceptors (Lipinski definition) is 1. The zero-order valence-electron chi connectivity index (χ0n) is 12.4. The van der Waals surface area contributed by atoms with Crippen LogP contribution in [0.25, 0.3) is 21.9 Å². The van der Waals surface area contributed by atoms with E-state index in [9.17, 15) is 4.39 Å². The fourth-order valence-electron chi connectivity index (χ4n) is 2.71. The fourth-order valence-corrected chi connectivity index (χ4v) is 2.71. The van der Waals surface area contributed by atoms with Gasteiger partial charge in [-0.25, -0.2) is 4.39 Å². The molecule has 0 amide bonds. The highest BCUT2D eigenvalue weighted by Crippen LogP contribution is 2.27. The molecule has 0 saturated heterocycles. The molecule has 0 N–H and O–H groups in total. The summed E-state index contributed by atoms with van der Waals surface area (Å²) in [5, 5.41) is 10.2. The van der Waals surface area contributed by atoms with Gasteiger partial charge in [-0.1, -0.05) is 55.8 Å². The summed E-state index contributed by atoms with van der Waals surface area (Å²) in [5.74, 6) is -0.440.